The van der Waals surface area contributed by atoms with Crippen LogP contribution in [-0.2, 0) is 17.1 Å². The van der Waals surface area contributed by atoms with Crippen LogP contribution in [0, 0.1) is 0 Å². The van der Waals surface area contributed by atoms with Gasteiger partial charge >= 0.3 is 0 Å². The van der Waals surface area contributed by atoms with Gasteiger partial charge in [0.05, 0.1) is 10.6 Å². The standard InChI is InChI=1S/C16H14ClN3O2S/c1-20-16(11-15(18-20)12-6-3-2-4-7-12)19-23(21,22)14-9-5-8-13(17)10-14/h2-11,19H,1H3. The summed E-state index contributed by atoms with van der Waals surface area (Å²) in [5.74, 6) is 0.379. The van der Waals surface area contributed by atoms with Gasteiger partial charge in [-0.1, -0.05) is 48.0 Å². The van der Waals surface area contributed by atoms with Gasteiger partial charge in [-0.25, -0.2) is 8.42 Å². The molecule has 0 saturated heterocycles. The highest BCUT2D eigenvalue weighted by Gasteiger charge is 2.17. The lowest BCUT2D eigenvalue weighted by Crippen LogP contribution is -2.15. The van der Waals surface area contributed by atoms with Gasteiger partial charge in [-0.05, 0) is 18.2 Å². The van der Waals surface area contributed by atoms with E-state index in [9.17, 15) is 8.42 Å². The maximum absolute atomic E-state index is 12.4. The highest BCUT2D eigenvalue weighted by molar-refractivity contribution is 7.92. The van der Waals surface area contributed by atoms with Crippen LogP contribution in [0.25, 0.3) is 11.3 Å². The van der Waals surface area contributed by atoms with Crippen LogP contribution in [0.5, 0.6) is 0 Å². The fourth-order valence-corrected chi connectivity index (χ4v) is 3.52. The van der Waals surface area contributed by atoms with E-state index >= 15 is 0 Å². The van der Waals surface area contributed by atoms with Crippen molar-refractivity contribution in [1.82, 2.24) is 9.78 Å². The molecular formula is C16H14ClN3O2S. The predicted molar refractivity (Wildman–Crippen MR) is 90.9 cm³/mol. The van der Waals surface area contributed by atoms with E-state index in [4.69, 9.17) is 11.6 Å². The molecule has 0 unspecified atom stereocenters. The molecule has 0 fully saturated rings. The van der Waals surface area contributed by atoms with Crippen LogP contribution >= 0.6 is 11.6 Å². The molecule has 3 rings (SSSR count). The minimum absolute atomic E-state index is 0.104. The van der Waals surface area contributed by atoms with Crippen molar-refractivity contribution >= 4 is 27.4 Å². The van der Waals surface area contributed by atoms with Crippen molar-refractivity contribution in [2.24, 2.45) is 7.05 Å². The second-order valence-corrected chi connectivity index (χ2v) is 7.09. The second kappa shape index (κ2) is 6.06. The Kier molecular flexibility index (Phi) is 4.11. The maximum Gasteiger partial charge on any atom is 0.263 e. The van der Waals surface area contributed by atoms with E-state index in [1.165, 1.54) is 16.8 Å². The van der Waals surface area contributed by atoms with Crippen molar-refractivity contribution < 1.29 is 8.42 Å². The predicted octanol–water partition coefficient (Wildman–Crippen LogP) is 3.54. The van der Waals surface area contributed by atoms with Crippen molar-refractivity contribution in [3.05, 3.63) is 65.7 Å². The molecule has 23 heavy (non-hydrogen) atoms. The lowest BCUT2D eigenvalue weighted by Gasteiger charge is -2.07. The topological polar surface area (TPSA) is 64.0 Å². The zero-order chi connectivity index (χ0) is 16.4. The quantitative estimate of drug-likeness (QED) is 0.785. The van der Waals surface area contributed by atoms with Gasteiger partial charge in [0.15, 0.2) is 0 Å². The summed E-state index contributed by atoms with van der Waals surface area (Å²) in [7, 11) is -2.04. The van der Waals surface area contributed by atoms with Crippen molar-refractivity contribution in [2.75, 3.05) is 4.72 Å². The highest BCUT2D eigenvalue weighted by atomic mass is 35.5. The van der Waals surface area contributed by atoms with Gasteiger partial charge < -0.3 is 0 Å². The summed E-state index contributed by atoms with van der Waals surface area (Å²) in [6.07, 6.45) is 0. The van der Waals surface area contributed by atoms with Gasteiger partial charge in [0.2, 0.25) is 0 Å². The van der Waals surface area contributed by atoms with E-state index < -0.39 is 10.0 Å². The van der Waals surface area contributed by atoms with Gasteiger partial charge in [-0.15, -0.1) is 0 Å². The molecule has 7 heteroatoms. The maximum atomic E-state index is 12.4. The highest BCUT2D eigenvalue weighted by Crippen LogP contribution is 2.24. The molecule has 0 atom stereocenters. The molecule has 0 aliphatic heterocycles. The molecule has 1 N–H and O–H groups in total. The van der Waals surface area contributed by atoms with Crippen molar-refractivity contribution in [2.45, 2.75) is 4.90 Å². The lowest BCUT2D eigenvalue weighted by molar-refractivity contribution is 0.600. The zero-order valence-corrected chi connectivity index (χ0v) is 13.8. The Morgan fingerprint density at radius 1 is 1.04 bits per heavy atom. The van der Waals surface area contributed by atoms with E-state index in [1.54, 1.807) is 25.2 Å². The summed E-state index contributed by atoms with van der Waals surface area (Å²) in [4.78, 5) is 0.104. The van der Waals surface area contributed by atoms with E-state index in [0.29, 0.717) is 16.5 Å². The van der Waals surface area contributed by atoms with Crippen LogP contribution in [-0.4, -0.2) is 18.2 Å². The normalized spacial score (nSPS) is 11.4. The van der Waals surface area contributed by atoms with Gasteiger partial charge in [0.1, 0.15) is 5.82 Å². The third-order valence-corrected chi connectivity index (χ3v) is 4.88. The SMILES string of the molecule is Cn1nc(-c2ccccc2)cc1NS(=O)(=O)c1cccc(Cl)c1. The van der Waals surface area contributed by atoms with E-state index in [1.807, 2.05) is 30.3 Å². The van der Waals surface area contributed by atoms with Crippen molar-refractivity contribution in [3.63, 3.8) is 0 Å². The molecule has 0 amide bonds. The molecule has 118 valence electrons. The van der Waals surface area contributed by atoms with Crippen LogP contribution in [0.1, 0.15) is 0 Å². The van der Waals surface area contributed by atoms with Crippen LogP contribution in [0.15, 0.2) is 65.6 Å². The number of sulfonamides is 1. The molecule has 1 heterocycles. The summed E-state index contributed by atoms with van der Waals surface area (Å²) in [5.41, 5.74) is 1.60. The first-order valence-corrected chi connectivity index (χ1v) is 8.70. The molecule has 2 aromatic carbocycles. The molecule has 5 nitrogen and oxygen atoms in total. The van der Waals surface area contributed by atoms with E-state index in [-0.39, 0.29) is 4.90 Å². The van der Waals surface area contributed by atoms with E-state index in [2.05, 4.69) is 9.82 Å². The number of benzene rings is 2. The first-order chi connectivity index (χ1) is 11.0. The number of aromatic nitrogens is 2. The number of halogens is 1. The zero-order valence-electron chi connectivity index (χ0n) is 12.3. The molecule has 0 bridgehead atoms. The first kappa shape index (κ1) is 15.6. The van der Waals surface area contributed by atoms with Crippen molar-refractivity contribution in [3.8, 4) is 11.3 Å². The summed E-state index contributed by atoms with van der Waals surface area (Å²) < 4.78 is 28.9. The van der Waals surface area contributed by atoms with Gasteiger partial charge in [-0.3, -0.25) is 9.40 Å². The first-order valence-electron chi connectivity index (χ1n) is 6.83. The Balaban J connectivity index is 1.93. The third-order valence-electron chi connectivity index (χ3n) is 3.29. The molecule has 3 aromatic rings. The smallest absolute Gasteiger partial charge is 0.263 e. The molecule has 0 spiro atoms. The fourth-order valence-electron chi connectivity index (χ4n) is 2.14. The average molecular weight is 348 g/mol. The number of nitrogens with one attached hydrogen (secondary N) is 1. The molecular weight excluding hydrogens is 334 g/mol. The minimum Gasteiger partial charge on any atom is -0.264 e. The number of rotatable bonds is 4. The number of hydrogen-bond donors (Lipinski definition) is 1. The fraction of sp³-hybridized carbons (Fsp3) is 0.0625. The Hall–Kier alpha value is -2.31. The summed E-state index contributed by atoms with van der Waals surface area (Å²) in [6, 6.07) is 17.3. The van der Waals surface area contributed by atoms with E-state index in [0.717, 1.165) is 5.56 Å². The molecule has 0 saturated carbocycles. The lowest BCUT2D eigenvalue weighted by atomic mass is 10.2. The average Bonchev–Trinajstić information content (AvgIpc) is 2.89. The molecule has 0 aliphatic rings. The monoisotopic (exact) mass is 347 g/mol. The number of hydrogen-bond acceptors (Lipinski definition) is 3. The van der Waals surface area contributed by atoms with Gasteiger partial charge in [0.25, 0.3) is 10.0 Å². The largest absolute Gasteiger partial charge is 0.264 e. The molecule has 0 radical (unpaired) electrons. The summed E-state index contributed by atoms with van der Waals surface area (Å²) >= 11 is 5.86. The Labute approximate surface area is 139 Å². The van der Waals surface area contributed by atoms with Gasteiger partial charge in [0, 0.05) is 23.7 Å². The van der Waals surface area contributed by atoms with Gasteiger partial charge in [-0.2, -0.15) is 5.10 Å². The number of aryl methyl sites for hydroxylation is 1. The molecule has 1 aromatic heterocycles. The summed E-state index contributed by atoms with van der Waals surface area (Å²) in [6.45, 7) is 0. The van der Waals surface area contributed by atoms with Crippen molar-refractivity contribution in [1.29, 1.82) is 0 Å². The number of anilines is 1. The molecule has 0 aliphatic carbocycles. The Morgan fingerprint density at radius 3 is 2.48 bits per heavy atom. The third kappa shape index (κ3) is 3.38. The van der Waals surface area contributed by atoms with Crippen LogP contribution in [0.4, 0.5) is 5.82 Å². The second-order valence-electron chi connectivity index (χ2n) is 4.97. The van der Waals surface area contributed by atoms with Crippen LogP contribution < -0.4 is 4.72 Å². The number of nitrogens with zero attached hydrogens (tertiary/aromatic N) is 2. The van der Waals surface area contributed by atoms with Crippen LogP contribution in [0.3, 0.4) is 0 Å². The van der Waals surface area contributed by atoms with Crippen LogP contribution in [0.2, 0.25) is 5.02 Å². The minimum atomic E-state index is -3.72. The Bertz CT molecular complexity index is 937. The summed E-state index contributed by atoms with van der Waals surface area (Å²) in [5, 5.41) is 4.70. The Morgan fingerprint density at radius 2 is 1.78 bits per heavy atom.